The number of likely N-dealkylation sites (tertiary alicyclic amines) is 1. The minimum Gasteiger partial charge on any atom is -0.306 e. The lowest BCUT2D eigenvalue weighted by Gasteiger charge is -2.36. The van der Waals surface area contributed by atoms with E-state index in [0.29, 0.717) is 0 Å². The van der Waals surface area contributed by atoms with Crippen LogP contribution >= 0.6 is 15.9 Å². The van der Waals surface area contributed by atoms with Gasteiger partial charge in [0, 0.05) is 17.9 Å². The van der Waals surface area contributed by atoms with Gasteiger partial charge in [-0.15, -0.1) is 0 Å². The molecule has 1 rings (SSSR count). The molecule has 1 fully saturated rings. The summed E-state index contributed by atoms with van der Waals surface area (Å²) in [5.41, 5.74) is 0. The van der Waals surface area contributed by atoms with E-state index in [1.807, 2.05) is 0 Å². The molecule has 0 saturated carbocycles. The average molecular weight is 277 g/mol. The monoisotopic (exact) mass is 276 g/mol. The van der Waals surface area contributed by atoms with Crippen LogP contribution in [0, 0.1) is 5.92 Å². The van der Waals surface area contributed by atoms with Crippen LogP contribution in [0.1, 0.15) is 26.2 Å². The third-order valence-electron chi connectivity index (χ3n) is 3.60. The van der Waals surface area contributed by atoms with Crippen molar-refractivity contribution in [2.45, 2.75) is 32.2 Å². The van der Waals surface area contributed by atoms with Crippen molar-refractivity contribution in [1.29, 1.82) is 0 Å². The second-order valence-electron chi connectivity index (χ2n) is 4.92. The number of nitrogens with zero attached hydrogens (tertiary/aromatic N) is 2. The summed E-state index contributed by atoms with van der Waals surface area (Å²) in [7, 11) is 4.40. The summed E-state index contributed by atoms with van der Waals surface area (Å²) in [6.45, 7) is 6.14. The molecule has 0 amide bonds. The molecule has 0 bridgehead atoms. The summed E-state index contributed by atoms with van der Waals surface area (Å²) in [6.07, 6.45) is 3.97. The molecule has 15 heavy (non-hydrogen) atoms. The number of hydrogen-bond donors (Lipinski definition) is 0. The smallest absolute Gasteiger partial charge is 0.0113 e. The number of piperidine rings is 1. The molecule has 1 aliphatic heterocycles. The van der Waals surface area contributed by atoms with Gasteiger partial charge in [-0.05, 0) is 45.9 Å². The predicted octanol–water partition coefficient (Wildman–Crippen LogP) is 2.43. The number of hydrogen-bond acceptors (Lipinski definition) is 2. The van der Waals surface area contributed by atoms with Gasteiger partial charge in [0.05, 0.1) is 0 Å². The van der Waals surface area contributed by atoms with Gasteiger partial charge in [-0.25, -0.2) is 0 Å². The fourth-order valence-electron chi connectivity index (χ4n) is 2.27. The van der Waals surface area contributed by atoms with Crippen LogP contribution in [0.5, 0.6) is 0 Å². The van der Waals surface area contributed by atoms with Gasteiger partial charge in [0.1, 0.15) is 0 Å². The first-order valence-corrected chi connectivity index (χ1v) is 7.24. The molecule has 1 atom stereocenters. The minimum absolute atomic E-state index is 0.810. The number of rotatable bonds is 5. The lowest BCUT2D eigenvalue weighted by Crippen LogP contribution is -2.43. The second-order valence-corrected chi connectivity index (χ2v) is 5.57. The van der Waals surface area contributed by atoms with Crippen LogP contribution in [0.2, 0.25) is 0 Å². The first kappa shape index (κ1) is 13.5. The van der Waals surface area contributed by atoms with E-state index in [2.05, 4.69) is 46.7 Å². The molecule has 0 aliphatic carbocycles. The maximum Gasteiger partial charge on any atom is 0.0113 e. The Morgan fingerprint density at radius 1 is 1.33 bits per heavy atom. The van der Waals surface area contributed by atoms with E-state index in [-0.39, 0.29) is 0 Å². The van der Waals surface area contributed by atoms with Crippen LogP contribution in [-0.4, -0.2) is 54.9 Å². The highest BCUT2D eigenvalue weighted by molar-refractivity contribution is 9.09. The second kappa shape index (κ2) is 6.87. The molecule has 1 aliphatic rings. The first-order valence-electron chi connectivity index (χ1n) is 6.12. The quantitative estimate of drug-likeness (QED) is 0.712. The summed E-state index contributed by atoms with van der Waals surface area (Å²) in [5, 5.41) is 1.15. The Morgan fingerprint density at radius 3 is 2.33 bits per heavy atom. The maximum absolute atomic E-state index is 3.60. The maximum atomic E-state index is 3.60. The van der Waals surface area contributed by atoms with Crippen LogP contribution < -0.4 is 0 Å². The Kier molecular flexibility index (Phi) is 6.17. The summed E-state index contributed by atoms with van der Waals surface area (Å²) in [5.74, 6) is 0.834. The molecule has 0 spiro atoms. The molecular formula is C12H25BrN2. The SMILES string of the molecule is CCC(CBr)CN1CCC(N(C)C)CC1. The van der Waals surface area contributed by atoms with Gasteiger partial charge in [0.2, 0.25) is 0 Å². The molecule has 1 saturated heterocycles. The summed E-state index contributed by atoms with van der Waals surface area (Å²) < 4.78 is 0. The largest absolute Gasteiger partial charge is 0.306 e. The Morgan fingerprint density at radius 2 is 1.93 bits per heavy atom. The summed E-state index contributed by atoms with van der Waals surface area (Å²) >= 11 is 3.60. The van der Waals surface area contributed by atoms with E-state index in [1.165, 1.54) is 38.9 Å². The highest BCUT2D eigenvalue weighted by atomic mass is 79.9. The summed E-state index contributed by atoms with van der Waals surface area (Å²) in [4.78, 5) is 5.01. The molecule has 90 valence electrons. The van der Waals surface area contributed by atoms with Gasteiger partial charge in [-0.2, -0.15) is 0 Å². The highest BCUT2D eigenvalue weighted by Crippen LogP contribution is 2.17. The lowest BCUT2D eigenvalue weighted by molar-refractivity contribution is 0.132. The third-order valence-corrected chi connectivity index (χ3v) is 4.52. The molecule has 0 aromatic heterocycles. The van der Waals surface area contributed by atoms with E-state index in [0.717, 1.165) is 17.3 Å². The van der Waals surface area contributed by atoms with Crippen molar-refractivity contribution in [1.82, 2.24) is 9.80 Å². The van der Waals surface area contributed by atoms with Crippen LogP contribution in [0.4, 0.5) is 0 Å². The third kappa shape index (κ3) is 4.41. The Labute approximate surface area is 103 Å². The molecule has 1 unspecified atom stereocenters. The normalized spacial score (nSPS) is 22.2. The molecule has 0 radical (unpaired) electrons. The van der Waals surface area contributed by atoms with Crippen molar-refractivity contribution in [2.75, 3.05) is 39.1 Å². The molecule has 2 nitrogen and oxygen atoms in total. The first-order chi connectivity index (χ1) is 7.17. The molecule has 0 aromatic carbocycles. The van der Waals surface area contributed by atoms with Crippen molar-refractivity contribution >= 4 is 15.9 Å². The van der Waals surface area contributed by atoms with Gasteiger partial charge < -0.3 is 9.80 Å². The Hall–Kier alpha value is 0.400. The van der Waals surface area contributed by atoms with Crippen LogP contribution in [0.15, 0.2) is 0 Å². The van der Waals surface area contributed by atoms with Crippen molar-refractivity contribution in [3.63, 3.8) is 0 Å². The fraction of sp³-hybridized carbons (Fsp3) is 1.00. The molecule has 3 heteroatoms. The van der Waals surface area contributed by atoms with Crippen LogP contribution in [0.3, 0.4) is 0 Å². The van der Waals surface area contributed by atoms with Gasteiger partial charge in [0.15, 0.2) is 0 Å². The van der Waals surface area contributed by atoms with Gasteiger partial charge in [-0.1, -0.05) is 29.3 Å². The van der Waals surface area contributed by atoms with Crippen LogP contribution in [0.25, 0.3) is 0 Å². The molecule has 0 N–H and O–H groups in total. The topological polar surface area (TPSA) is 6.48 Å². The highest BCUT2D eigenvalue weighted by Gasteiger charge is 2.21. The van der Waals surface area contributed by atoms with Gasteiger partial charge in [0.25, 0.3) is 0 Å². The van der Waals surface area contributed by atoms with E-state index in [9.17, 15) is 0 Å². The average Bonchev–Trinajstić information content (AvgIpc) is 2.26. The van der Waals surface area contributed by atoms with Crippen molar-refractivity contribution in [3.05, 3.63) is 0 Å². The zero-order valence-electron chi connectivity index (χ0n) is 10.4. The standard InChI is InChI=1S/C12H25BrN2/c1-4-11(9-13)10-15-7-5-12(6-8-15)14(2)3/h11-12H,4-10H2,1-3H3. The predicted molar refractivity (Wildman–Crippen MR) is 70.7 cm³/mol. The van der Waals surface area contributed by atoms with E-state index in [4.69, 9.17) is 0 Å². The fourth-order valence-corrected chi connectivity index (χ4v) is 2.93. The summed E-state index contributed by atoms with van der Waals surface area (Å²) in [6, 6.07) is 0.810. The van der Waals surface area contributed by atoms with Gasteiger partial charge >= 0.3 is 0 Å². The zero-order valence-corrected chi connectivity index (χ0v) is 12.0. The van der Waals surface area contributed by atoms with Crippen LogP contribution in [-0.2, 0) is 0 Å². The van der Waals surface area contributed by atoms with E-state index < -0.39 is 0 Å². The lowest BCUT2D eigenvalue weighted by atomic mass is 10.0. The number of alkyl halides is 1. The molecular weight excluding hydrogens is 252 g/mol. The number of halogens is 1. The van der Waals surface area contributed by atoms with E-state index in [1.54, 1.807) is 0 Å². The molecule has 0 aromatic rings. The molecule has 1 heterocycles. The van der Waals surface area contributed by atoms with Crippen molar-refractivity contribution in [2.24, 2.45) is 5.92 Å². The van der Waals surface area contributed by atoms with E-state index >= 15 is 0 Å². The Bertz CT molecular complexity index is 161. The zero-order chi connectivity index (χ0) is 11.3. The van der Waals surface area contributed by atoms with Gasteiger partial charge in [-0.3, -0.25) is 0 Å². The van der Waals surface area contributed by atoms with Crippen molar-refractivity contribution in [3.8, 4) is 0 Å². The Balaban J connectivity index is 2.25. The van der Waals surface area contributed by atoms with Crippen molar-refractivity contribution < 1.29 is 0 Å². The minimum atomic E-state index is 0.810.